The third-order valence-corrected chi connectivity index (χ3v) is 4.53. The molecule has 4 nitrogen and oxygen atoms in total. The minimum Gasteiger partial charge on any atom is -0.341 e. The van der Waals surface area contributed by atoms with Crippen molar-refractivity contribution in [3.05, 3.63) is 65.2 Å². The molecule has 3 rings (SSSR count). The van der Waals surface area contributed by atoms with Gasteiger partial charge in [0.15, 0.2) is 0 Å². The van der Waals surface area contributed by atoms with E-state index in [1.165, 1.54) is 17.0 Å². The Hall–Kier alpha value is -2.76. The molecule has 2 aromatic carbocycles. The Labute approximate surface area is 151 Å². The van der Waals surface area contributed by atoms with Crippen LogP contribution in [0, 0.1) is 11.6 Å². The van der Waals surface area contributed by atoms with Gasteiger partial charge in [-0.15, -0.1) is 0 Å². The number of nitrogens with zero attached hydrogens (tertiary/aromatic N) is 2. The van der Waals surface area contributed by atoms with E-state index >= 15 is 0 Å². The first-order chi connectivity index (χ1) is 12.4. The molecule has 0 saturated carbocycles. The highest BCUT2D eigenvalue weighted by molar-refractivity contribution is 5.95. The molecule has 0 aliphatic carbocycles. The van der Waals surface area contributed by atoms with E-state index in [-0.39, 0.29) is 30.3 Å². The molecule has 0 N–H and O–H groups in total. The number of likely N-dealkylation sites (N-methyl/N-ethyl adjacent to an activating group) is 1. The van der Waals surface area contributed by atoms with E-state index in [9.17, 15) is 18.4 Å². The van der Waals surface area contributed by atoms with Crippen molar-refractivity contribution in [1.82, 2.24) is 4.90 Å². The van der Waals surface area contributed by atoms with Gasteiger partial charge in [0.05, 0.1) is 6.42 Å². The molecule has 0 bridgehead atoms. The number of amides is 2. The van der Waals surface area contributed by atoms with Crippen LogP contribution in [-0.4, -0.2) is 30.3 Å². The van der Waals surface area contributed by atoms with Crippen molar-refractivity contribution in [1.29, 1.82) is 0 Å². The molecule has 1 aliphatic rings. The van der Waals surface area contributed by atoms with Crippen LogP contribution in [0.2, 0.25) is 0 Å². The number of halogens is 2. The fourth-order valence-electron chi connectivity index (χ4n) is 3.02. The summed E-state index contributed by atoms with van der Waals surface area (Å²) in [5.74, 6) is -1.35. The number of hydrogen-bond acceptors (Lipinski definition) is 2. The van der Waals surface area contributed by atoms with Crippen LogP contribution < -0.4 is 4.90 Å². The standard InChI is InChI=1S/C20H20F2N2O2/c1-23(13-15-6-7-16(21)12-18(15)22)20(26)11-14-4-8-17(9-5-14)24-10-2-3-19(24)25/h4-9,12H,2-3,10-11,13H2,1H3. The first-order valence-corrected chi connectivity index (χ1v) is 8.51. The smallest absolute Gasteiger partial charge is 0.227 e. The van der Waals surface area contributed by atoms with Gasteiger partial charge in [-0.1, -0.05) is 18.2 Å². The summed E-state index contributed by atoms with van der Waals surface area (Å²) in [5, 5.41) is 0. The lowest BCUT2D eigenvalue weighted by molar-refractivity contribution is -0.129. The van der Waals surface area contributed by atoms with Gasteiger partial charge in [-0.3, -0.25) is 9.59 Å². The van der Waals surface area contributed by atoms with Gasteiger partial charge in [0.1, 0.15) is 11.6 Å². The van der Waals surface area contributed by atoms with E-state index in [0.29, 0.717) is 6.42 Å². The summed E-state index contributed by atoms with van der Waals surface area (Å²) in [7, 11) is 1.59. The summed E-state index contributed by atoms with van der Waals surface area (Å²) in [4.78, 5) is 27.3. The molecule has 1 heterocycles. The van der Waals surface area contributed by atoms with Gasteiger partial charge in [0.2, 0.25) is 11.8 Å². The van der Waals surface area contributed by atoms with Gasteiger partial charge in [0.25, 0.3) is 0 Å². The number of benzene rings is 2. The highest BCUT2D eigenvalue weighted by Crippen LogP contribution is 2.22. The average Bonchev–Trinajstić information content (AvgIpc) is 3.04. The molecule has 26 heavy (non-hydrogen) atoms. The minimum atomic E-state index is -0.663. The Bertz CT molecular complexity index is 821. The average molecular weight is 358 g/mol. The van der Waals surface area contributed by atoms with E-state index < -0.39 is 11.6 Å². The second kappa shape index (κ2) is 7.64. The molecule has 0 unspecified atom stereocenters. The summed E-state index contributed by atoms with van der Waals surface area (Å²) in [6.07, 6.45) is 1.61. The molecule has 2 amide bonds. The van der Waals surface area contributed by atoms with Crippen LogP contribution >= 0.6 is 0 Å². The maximum Gasteiger partial charge on any atom is 0.227 e. The van der Waals surface area contributed by atoms with Crippen LogP contribution in [0.3, 0.4) is 0 Å². The second-order valence-corrected chi connectivity index (χ2v) is 6.48. The minimum absolute atomic E-state index is 0.0747. The summed E-state index contributed by atoms with van der Waals surface area (Å²) in [5.41, 5.74) is 1.92. The first kappa shape index (κ1) is 18.0. The quantitative estimate of drug-likeness (QED) is 0.823. The lowest BCUT2D eigenvalue weighted by Gasteiger charge is -2.19. The highest BCUT2D eigenvalue weighted by atomic mass is 19.1. The monoisotopic (exact) mass is 358 g/mol. The van der Waals surface area contributed by atoms with Crippen molar-refractivity contribution in [2.24, 2.45) is 0 Å². The van der Waals surface area contributed by atoms with Crippen molar-refractivity contribution in [2.75, 3.05) is 18.5 Å². The molecule has 1 fully saturated rings. The van der Waals surface area contributed by atoms with E-state index in [1.807, 2.05) is 24.3 Å². The SMILES string of the molecule is CN(Cc1ccc(F)cc1F)C(=O)Cc1ccc(N2CCCC2=O)cc1. The largest absolute Gasteiger partial charge is 0.341 e. The molecule has 0 radical (unpaired) electrons. The Morgan fingerprint density at radius 3 is 2.50 bits per heavy atom. The fourth-order valence-corrected chi connectivity index (χ4v) is 3.02. The predicted octanol–water partition coefficient (Wildman–Crippen LogP) is 3.29. The zero-order valence-electron chi connectivity index (χ0n) is 14.5. The maximum atomic E-state index is 13.7. The van der Waals surface area contributed by atoms with Crippen molar-refractivity contribution < 1.29 is 18.4 Å². The van der Waals surface area contributed by atoms with Crippen LogP contribution in [0.4, 0.5) is 14.5 Å². The van der Waals surface area contributed by atoms with Crippen LogP contribution in [0.1, 0.15) is 24.0 Å². The summed E-state index contributed by atoms with van der Waals surface area (Å²) in [6.45, 7) is 0.800. The summed E-state index contributed by atoms with van der Waals surface area (Å²) < 4.78 is 26.7. The third kappa shape index (κ3) is 4.07. The zero-order chi connectivity index (χ0) is 18.7. The lowest BCUT2D eigenvalue weighted by atomic mass is 10.1. The van der Waals surface area contributed by atoms with Crippen molar-refractivity contribution >= 4 is 17.5 Å². The number of rotatable bonds is 5. The number of carbonyl (C=O) groups excluding carboxylic acids is 2. The number of carbonyl (C=O) groups is 2. The Morgan fingerprint density at radius 1 is 1.15 bits per heavy atom. The first-order valence-electron chi connectivity index (χ1n) is 8.51. The van der Waals surface area contributed by atoms with E-state index in [0.717, 1.165) is 30.3 Å². The Kier molecular flexibility index (Phi) is 5.30. The highest BCUT2D eigenvalue weighted by Gasteiger charge is 2.21. The van der Waals surface area contributed by atoms with Gasteiger partial charge in [-0.05, 0) is 30.2 Å². The normalized spacial score (nSPS) is 14.0. The number of hydrogen-bond donors (Lipinski definition) is 0. The van der Waals surface area contributed by atoms with Crippen LogP contribution in [0.5, 0.6) is 0 Å². The summed E-state index contributed by atoms with van der Waals surface area (Å²) in [6, 6.07) is 10.7. The summed E-state index contributed by atoms with van der Waals surface area (Å²) >= 11 is 0. The molecule has 136 valence electrons. The van der Waals surface area contributed by atoms with E-state index in [4.69, 9.17) is 0 Å². The van der Waals surface area contributed by atoms with Crippen molar-refractivity contribution in [3.63, 3.8) is 0 Å². The second-order valence-electron chi connectivity index (χ2n) is 6.48. The van der Waals surface area contributed by atoms with Crippen LogP contribution in [0.25, 0.3) is 0 Å². The Morgan fingerprint density at radius 2 is 1.88 bits per heavy atom. The Balaban J connectivity index is 1.61. The van der Waals surface area contributed by atoms with Crippen molar-refractivity contribution in [3.8, 4) is 0 Å². The molecular formula is C20H20F2N2O2. The van der Waals surface area contributed by atoms with E-state index in [2.05, 4.69) is 0 Å². The third-order valence-electron chi connectivity index (χ3n) is 4.53. The molecule has 6 heteroatoms. The fraction of sp³-hybridized carbons (Fsp3) is 0.300. The van der Waals surface area contributed by atoms with Gasteiger partial charge < -0.3 is 9.80 Å². The molecule has 0 spiro atoms. The maximum absolute atomic E-state index is 13.7. The topological polar surface area (TPSA) is 40.6 Å². The van der Waals surface area contributed by atoms with Gasteiger partial charge >= 0.3 is 0 Å². The molecule has 1 saturated heterocycles. The molecule has 1 aliphatic heterocycles. The molecular weight excluding hydrogens is 338 g/mol. The molecule has 0 aromatic heterocycles. The van der Waals surface area contributed by atoms with Crippen LogP contribution in [0.15, 0.2) is 42.5 Å². The van der Waals surface area contributed by atoms with Crippen LogP contribution in [-0.2, 0) is 22.6 Å². The zero-order valence-corrected chi connectivity index (χ0v) is 14.5. The van der Waals surface area contributed by atoms with Gasteiger partial charge in [0, 0.05) is 43.9 Å². The van der Waals surface area contributed by atoms with E-state index in [1.54, 1.807) is 11.9 Å². The number of anilines is 1. The molecule has 2 aromatic rings. The van der Waals surface area contributed by atoms with Gasteiger partial charge in [-0.25, -0.2) is 8.78 Å². The predicted molar refractivity (Wildman–Crippen MR) is 94.6 cm³/mol. The van der Waals surface area contributed by atoms with Gasteiger partial charge in [-0.2, -0.15) is 0 Å². The lowest BCUT2D eigenvalue weighted by Crippen LogP contribution is -2.28. The van der Waals surface area contributed by atoms with Crippen molar-refractivity contribution in [2.45, 2.75) is 25.8 Å². The molecule has 0 atom stereocenters.